The molecule has 0 radical (unpaired) electrons. The minimum Gasteiger partial charge on any atom is -0.756 e. The highest BCUT2D eigenvalue weighted by Crippen LogP contribution is 2.38. The number of amides is 1. The Morgan fingerprint density at radius 3 is 1.12 bits per heavy atom. The lowest BCUT2D eigenvalue weighted by molar-refractivity contribution is -0.870. The minimum atomic E-state index is -4.70. The fraction of sp³-hybridized carbons (Fsp3) is 0.889. The number of likely N-dealkylation sites (N-methyl/N-ethyl adjacent to an activating group) is 1. The topological polar surface area (TPSA) is 114 Å². The summed E-state index contributed by atoms with van der Waals surface area (Å²) in [6.07, 6.45) is 77.0. The first kappa shape index (κ1) is 80.2. The SMILES string of the molecule is CCCCC/C=C\C/C=C\CCCCCCCCCCCCCC(=O)NC(COP(=O)([O-])OCC[N+](C)(C)C)C(/C=C/CCCCCCCCCCCC)OC(=O)CCCCCCCCCCCCCCCCCCCCCCCCC. The summed E-state index contributed by atoms with van der Waals surface area (Å²) < 4.78 is 30.5. The van der Waals surface area contributed by atoms with Gasteiger partial charge in [-0.25, -0.2) is 0 Å². The number of carbonyl (C=O) groups is 2. The molecule has 0 rings (SSSR count). The van der Waals surface area contributed by atoms with Crippen molar-refractivity contribution in [2.24, 2.45) is 0 Å². The molecular formula is C72H139N2O7P. The lowest BCUT2D eigenvalue weighted by Crippen LogP contribution is -2.47. The van der Waals surface area contributed by atoms with E-state index in [0.717, 1.165) is 64.2 Å². The van der Waals surface area contributed by atoms with Gasteiger partial charge in [0.05, 0.1) is 33.8 Å². The number of unbranched alkanes of at least 4 members (excludes halogenated alkanes) is 46. The number of rotatable bonds is 66. The second-order valence-electron chi connectivity index (χ2n) is 25.7. The molecule has 0 aliphatic heterocycles. The molecule has 0 aliphatic carbocycles. The molecule has 3 unspecified atom stereocenters. The van der Waals surface area contributed by atoms with Crippen LogP contribution in [-0.2, 0) is 27.9 Å². The zero-order chi connectivity index (χ0) is 60.0. The maximum Gasteiger partial charge on any atom is 0.306 e. The third kappa shape index (κ3) is 62.8. The number of phosphoric ester groups is 1. The van der Waals surface area contributed by atoms with Crippen LogP contribution < -0.4 is 10.2 Å². The quantitative estimate of drug-likeness (QED) is 0.0212. The highest BCUT2D eigenvalue weighted by molar-refractivity contribution is 7.45. The molecule has 0 saturated heterocycles. The maximum absolute atomic E-state index is 13.6. The largest absolute Gasteiger partial charge is 0.756 e. The van der Waals surface area contributed by atoms with E-state index in [1.807, 2.05) is 33.3 Å². The monoisotopic (exact) mass is 1180 g/mol. The lowest BCUT2D eigenvalue weighted by atomic mass is 10.0. The lowest BCUT2D eigenvalue weighted by Gasteiger charge is -2.30. The number of carbonyl (C=O) groups excluding carboxylic acids is 2. The van der Waals surface area contributed by atoms with Crippen molar-refractivity contribution in [1.82, 2.24) is 5.32 Å². The van der Waals surface area contributed by atoms with Crippen LogP contribution in [0.3, 0.4) is 0 Å². The van der Waals surface area contributed by atoms with Gasteiger partial charge >= 0.3 is 5.97 Å². The Kier molecular flexibility index (Phi) is 60.9. The number of esters is 1. The smallest absolute Gasteiger partial charge is 0.306 e. The van der Waals surface area contributed by atoms with Crippen LogP contribution in [0.15, 0.2) is 36.5 Å². The number of nitrogens with one attached hydrogen (secondary N) is 1. The second-order valence-corrected chi connectivity index (χ2v) is 27.2. The number of allylic oxidation sites excluding steroid dienone is 5. The average Bonchev–Trinajstić information content (AvgIpc) is 3.44. The fourth-order valence-corrected chi connectivity index (χ4v) is 11.5. The Bertz CT molecular complexity index is 1500. The molecule has 484 valence electrons. The molecule has 1 N–H and O–H groups in total. The van der Waals surface area contributed by atoms with Gasteiger partial charge in [-0.15, -0.1) is 0 Å². The molecule has 0 aromatic heterocycles. The van der Waals surface area contributed by atoms with Crippen molar-refractivity contribution in [2.75, 3.05) is 40.9 Å². The number of phosphoric acid groups is 1. The van der Waals surface area contributed by atoms with Crippen LogP contribution in [-0.4, -0.2) is 69.4 Å². The van der Waals surface area contributed by atoms with Crippen LogP contribution in [0.1, 0.15) is 361 Å². The van der Waals surface area contributed by atoms with Crippen LogP contribution in [0.25, 0.3) is 0 Å². The third-order valence-electron chi connectivity index (χ3n) is 16.3. The minimum absolute atomic E-state index is 0.0199. The van der Waals surface area contributed by atoms with Gasteiger partial charge in [-0.1, -0.05) is 321 Å². The molecule has 0 aromatic rings. The summed E-state index contributed by atoms with van der Waals surface area (Å²) in [6.45, 7) is 6.88. The standard InChI is InChI=1S/C72H139N2O7P/c1-7-10-13-16-19-22-25-28-30-32-34-36-37-39-41-43-45-47-50-53-56-59-62-65-72(76)81-70(63-60-57-54-51-48-27-24-21-18-15-12-9-3)69(68-80-82(77,78)79-67-66-74(4,5)6)73-71(75)64-61-58-55-52-49-46-44-42-40-38-35-33-31-29-26-23-20-17-14-11-8-2/h20,23,29,31,60,63,69-70H,7-19,21-22,24-28,30,32-59,61-62,64-68H2,1-6H3,(H-,73,75,77,78)/b23-20-,31-29-,63-60+. The molecule has 9 nitrogen and oxygen atoms in total. The molecule has 10 heteroatoms. The number of hydrogen-bond acceptors (Lipinski definition) is 7. The maximum atomic E-state index is 13.6. The predicted molar refractivity (Wildman–Crippen MR) is 353 cm³/mol. The summed E-state index contributed by atoms with van der Waals surface area (Å²) >= 11 is 0. The Labute approximate surface area is 510 Å². The van der Waals surface area contributed by atoms with E-state index in [4.69, 9.17) is 13.8 Å². The summed E-state index contributed by atoms with van der Waals surface area (Å²) in [4.78, 5) is 40.2. The summed E-state index contributed by atoms with van der Waals surface area (Å²) in [5.41, 5.74) is 0. The number of quaternary nitrogens is 1. The van der Waals surface area contributed by atoms with Gasteiger partial charge in [0.25, 0.3) is 7.82 Å². The molecule has 1 amide bonds. The van der Waals surface area contributed by atoms with Gasteiger partial charge in [0.15, 0.2) is 0 Å². The van der Waals surface area contributed by atoms with Crippen molar-refractivity contribution < 1.29 is 37.3 Å². The molecule has 0 bridgehead atoms. The van der Waals surface area contributed by atoms with E-state index in [0.29, 0.717) is 17.4 Å². The van der Waals surface area contributed by atoms with Crippen LogP contribution in [0.4, 0.5) is 0 Å². The summed E-state index contributed by atoms with van der Waals surface area (Å²) in [5.74, 6) is -0.523. The van der Waals surface area contributed by atoms with Gasteiger partial charge < -0.3 is 28.5 Å². The highest BCUT2D eigenvalue weighted by atomic mass is 31.2. The molecule has 0 aliphatic rings. The van der Waals surface area contributed by atoms with Crippen molar-refractivity contribution >= 4 is 19.7 Å². The van der Waals surface area contributed by atoms with Gasteiger partial charge in [-0.05, 0) is 63.9 Å². The molecule has 82 heavy (non-hydrogen) atoms. The fourth-order valence-electron chi connectivity index (χ4n) is 10.8. The van der Waals surface area contributed by atoms with E-state index in [2.05, 4.69) is 50.4 Å². The van der Waals surface area contributed by atoms with E-state index < -0.39 is 20.0 Å². The van der Waals surface area contributed by atoms with Gasteiger partial charge in [0.1, 0.15) is 19.3 Å². The number of nitrogens with zero attached hydrogens (tertiary/aromatic N) is 1. The van der Waals surface area contributed by atoms with Gasteiger partial charge in [0, 0.05) is 12.8 Å². The van der Waals surface area contributed by atoms with Crippen molar-refractivity contribution in [3.05, 3.63) is 36.5 Å². The Morgan fingerprint density at radius 2 is 0.744 bits per heavy atom. The van der Waals surface area contributed by atoms with E-state index in [-0.39, 0.29) is 31.5 Å². The summed E-state index contributed by atoms with van der Waals surface area (Å²) in [7, 11) is 1.20. The van der Waals surface area contributed by atoms with Crippen molar-refractivity contribution in [3.63, 3.8) is 0 Å². The summed E-state index contributed by atoms with van der Waals surface area (Å²) in [6, 6.07) is -0.886. The van der Waals surface area contributed by atoms with Gasteiger partial charge in [0.2, 0.25) is 5.91 Å². The van der Waals surface area contributed by atoms with Crippen molar-refractivity contribution in [1.29, 1.82) is 0 Å². The molecule has 0 saturated carbocycles. The van der Waals surface area contributed by atoms with Crippen molar-refractivity contribution in [3.8, 4) is 0 Å². The molecule has 0 fully saturated rings. The Hall–Kier alpha value is -1.77. The van der Waals surface area contributed by atoms with E-state index in [1.54, 1.807) is 0 Å². The third-order valence-corrected chi connectivity index (χ3v) is 17.3. The predicted octanol–water partition coefficient (Wildman–Crippen LogP) is 22.0. The second kappa shape index (κ2) is 62.3. The Balaban J connectivity index is 5.04. The molecule has 0 heterocycles. The van der Waals surface area contributed by atoms with E-state index in [9.17, 15) is 19.0 Å². The number of hydrogen-bond donors (Lipinski definition) is 1. The van der Waals surface area contributed by atoms with Crippen molar-refractivity contribution in [2.45, 2.75) is 373 Å². The highest BCUT2D eigenvalue weighted by Gasteiger charge is 2.27. The first-order valence-electron chi connectivity index (χ1n) is 35.8. The first-order valence-corrected chi connectivity index (χ1v) is 37.3. The molecule has 0 spiro atoms. The van der Waals surface area contributed by atoms with Gasteiger partial charge in [-0.3, -0.25) is 14.2 Å². The first-order chi connectivity index (χ1) is 39.9. The molecule has 0 aromatic carbocycles. The van der Waals surface area contributed by atoms with E-state index in [1.165, 1.54) is 263 Å². The average molecular weight is 1180 g/mol. The molecule has 3 atom stereocenters. The van der Waals surface area contributed by atoms with E-state index >= 15 is 0 Å². The normalized spacial score (nSPS) is 13.7. The molecular weight excluding hydrogens is 1040 g/mol. The van der Waals surface area contributed by atoms with Crippen LogP contribution in [0.5, 0.6) is 0 Å². The Morgan fingerprint density at radius 1 is 0.427 bits per heavy atom. The zero-order valence-electron chi connectivity index (χ0n) is 55.5. The summed E-state index contributed by atoms with van der Waals surface area (Å²) in [5, 5.41) is 3.05. The number of ether oxygens (including phenoxy) is 1. The van der Waals surface area contributed by atoms with Crippen LogP contribution in [0, 0.1) is 0 Å². The van der Waals surface area contributed by atoms with Crippen LogP contribution in [0.2, 0.25) is 0 Å². The van der Waals surface area contributed by atoms with Gasteiger partial charge in [-0.2, -0.15) is 0 Å². The van der Waals surface area contributed by atoms with Crippen LogP contribution >= 0.6 is 7.82 Å². The zero-order valence-corrected chi connectivity index (χ0v) is 56.4.